The van der Waals surface area contributed by atoms with Gasteiger partial charge in [-0.25, -0.2) is 4.79 Å². The fourth-order valence-corrected chi connectivity index (χ4v) is 1.58. The lowest BCUT2D eigenvalue weighted by atomic mass is 10.2. The van der Waals surface area contributed by atoms with Gasteiger partial charge >= 0.3 is 5.97 Å². The summed E-state index contributed by atoms with van der Waals surface area (Å²) in [4.78, 5) is 22.6. The zero-order chi connectivity index (χ0) is 14.3. The molecule has 0 saturated heterocycles. The fraction of sp³-hybridized carbons (Fsp3) is 0.385. The molecule has 0 saturated carbocycles. The lowest BCUT2D eigenvalue weighted by molar-refractivity contribution is -0.116. The van der Waals surface area contributed by atoms with Crippen LogP contribution >= 0.6 is 0 Å². The molecule has 0 heterocycles. The molecular weight excluding hydrogens is 248 g/mol. The van der Waals surface area contributed by atoms with Crippen LogP contribution in [-0.2, 0) is 4.79 Å². The lowest BCUT2D eigenvalue weighted by Crippen LogP contribution is -2.16. The van der Waals surface area contributed by atoms with Gasteiger partial charge in [0, 0.05) is 6.42 Å². The van der Waals surface area contributed by atoms with E-state index in [0.717, 1.165) is 6.54 Å². The number of ether oxygens (including phenoxy) is 1. The van der Waals surface area contributed by atoms with Gasteiger partial charge in [0.2, 0.25) is 5.91 Å². The first-order valence-corrected chi connectivity index (χ1v) is 5.94. The van der Waals surface area contributed by atoms with Gasteiger partial charge in [0.1, 0.15) is 5.75 Å². The van der Waals surface area contributed by atoms with Gasteiger partial charge in [0.15, 0.2) is 0 Å². The summed E-state index contributed by atoms with van der Waals surface area (Å²) in [6, 6.07) is 4.33. The minimum atomic E-state index is -1.05. The zero-order valence-corrected chi connectivity index (χ0v) is 11.0. The summed E-state index contributed by atoms with van der Waals surface area (Å²) in [5.74, 6) is -0.781. The topological polar surface area (TPSA) is 87.7 Å². The number of hydrogen-bond acceptors (Lipinski definition) is 4. The van der Waals surface area contributed by atoms with E-state index in [-0.39, 0.29) is 11.5 Å². The summed E-state index contributed by atoms with van der Waals surface area (Å²) in [5, 5.41) is 14.5. The molecule has 1 rings (SSSR count). The van der Waals surface area contributed by atoms with E-state index in [1.165, 1.54) is 25.3 Å². The van der Waals surface area contributed by atoms with E-state index in [4.69, 9.17) is 9.84 Å². The SMILES string of the molecule is CNCCCC(=O)Nc1cc(C(=O)O)ccc1OC. The van der Waals surface area contributed by atoms with E-state index in [0.29, 0.717) is 24.3 Å². The van der Waals surface area contributed by atoms with Crippen LogP contribution in [0.4, 0.5) is 5.69 Å². The second kappa shape index (κ2) is 7.38. The van der Waals surface area contributed by atoms with Gasteiger partial charge in [0.05, 0.1) is 18.4 Å². The highest BCUT2D eigenvalue weighted by Crippen LogP contribution is 2.25. The van der Waals surface area contributed by atoms with Crippen molar-refractivity contribution in [3.63, 3.8) is 0 Å². The molecule has 0 spiro atoms. The summed E-state index contributed by atoms with van der Waals surface area (Å²) in [7, 11) is 3.28. The summed E-state index contributed by atoms with van der Waals surface area (Å²) >= 11 is 0. The highest BCUT2D eigenvalue weighted by molar-refractivity contribution is 5.95. The normalized spacial score (nSPS) is 10.0. The quantitative estimate of drug-likeness (QED) is 0.648. The van der Waals surface area contributed by atoms with Gasteiger partial charge in [-0.05, 0) is 38.2 Å². The maximum absolute atomic E-state index is 11.7. The highest BCUT2D eigenvalue weighted by atomic mass is 16.5. The Hall–Kier alpha value is -2.08. The Morgan fingerprint density at radius 1 is 1.37 bits per heavy atom. The molecule has 104 valence electrons. The van der Waals surface area contributed by atoms with E-state index in [2.05, 4.69) is 10.6 Å². The summed E-state index contributed by atoms with van der Waals surface area (Å²) in [5.41, 5.74) is 0.475. The third kappa shape index (κ3) is 4.59. The van der Waals surface area contributed by atoms with Crippen molar-refractivity contribution in [2.45, 2.75) is 12.8 Å². The van der Waals surface area contributed by atoms with Gasteiger partial charge in [0.25, 0.3) is 0 Å². The van der Waals surface area contributed by atoms with E-state index in [9.17, 15) is 9.59 Å². The monoisotopic (exact) mass is 266 g/mol. The Labute approximate surface area is 111 Å². The molecular formula is C13H18N2O4. The van der Waals surface area contributed by atoms with Crippen LogP contribution in [0.5, 0.6) is 5.75 Å². The number of carboxylic acid groups (broad SMARTS) is 1. The fourth-order valence-electron chi connectivity index (χ4n) is 1.58. The molecule has 0 aliphatic heterocycles. The molecule has 0 atom stereocenters. The van der Waals surface area contributed by atoms with Crippen molar-refractivity contribution in [3.8, 4) is 5.75 Å². The van der Waals surface area contributed by atoms with E-state index < -0.39 is 5.97 Å². The molecule has 0 unspecified atom stereocenters. The maximum atomic E-state index is 11.7. The van der Waals surface area contributed by atoms with Crippen LogP contribution in [0.2, 0.25) is 0 Å². The van der Waals surface area contributed by atoms with Crippen LogP contribution in [0.1, 0.15) is 23.2 Å². The molecule has 0 radical (unpaired) electrons. The van der Waals surface area contributed by atoms with Crippen molar-refractivity contribution in [2.75, 3.05) is 26.0 Å². The van der Waals surface area contributed by atoms with Crippen LogP contribution in [-0.4, -0.2) is 37.7 Å². The van der Waals surface area contributed by atoms with Crippen LogP contribution in [0, 0.1) is 0 Å². The number of carbonyl (C=O) groups is 2. The number of nitrogens with one attached hydrogen (secondary N) is 2. The Morgan fingerprint density at radius 3 is 2.68 bits per heavy atom. The number of benzene rings is 1. The van der Waals surface area contributed by atoms with Crippen LogP contribution < -0.4 is 15.4 Å². The number of aromatic carboxylic acids is 1. The largest absolute Gasteiger partial charge is 0.495 e. The predicted molar refractivity (Wildman–Crippen MR) is 71.7 cm³/mol. The number of carbonyl (C=O) groups excluding carboxylic acids is 1. The summed E-state index contributed by atoms with van der Waals surface area (Å²) < 4.78 is 5.09. The first kappa shape index (κ1) is 15.0. The van der Waals surface area contributed by atoms with E-state index in [1.54, 1.807) is 0 Å². The standard InChI is InChI=1S/C13H18N2O4/c1-14-7-3-4-12(16)15-10-8-9(13(17)18)5-6-11(10)19-2/h5-6,8,14H,3-4,7H2,1-2H3,(H,15,16)(H,17,18). The van der Waals surface area contributed by atoms with Gasteiger partial charge < -0.3 is 20.5 Å². The Bertz CT molecular complexity index is 460. The van der Waals surface area contributed by atoms with Crippen molar-refractivity contribution in [2.24, 2.45) is 0 Å². The van der Waals surface area contributed by atoms with Gasteiger partial charge in [-0.3, -0.25) is 4.79 Å². The van der Waals surface area contributed by atoms with Crippen LogP contribution in [0.3, 0.4) is 0 Å². The van der Waals surface area contributed by atoms with Gasteiger partial charge in [-0.2, -0.15) is 0 Å². The average molecular weight is 266 g/mol. The minimum Gasteiger partial charge on any atom is -0.495 e. The molecule has 0 fully saturated rings. The number of hydrogen-bond donors (Lipinski definition) is 3. The third-order valence-electron chi connectivity index (χ3n) is 2.55. The number of amides is 1. The molecule has 1 amide bonds. The smallest absolute Gasteiger partial charge is 0.335 e. The average Bonchev–Trinajstić information content (AvgIpc) is 2.38. The van der Waals surface area contributed by atoms with Crippen molar-refractivity contribution >= 4 is 17.6 Å². The van der Waals surface area contributed by atoms with Crippen molar-refractivity contribution in [1.29, 1.82) is 0 Å². The Kier molecular flexibility index (Phi) is 5.81. The second-order valence-electron chi connectivity index (χ2n) is 3.98. The van der Waals surface area contributed by atoms with Crippen molar-refractivity contribution in [1.82, 2.24) is 5.32 Å². The summed E-state index contributed by atoms with van der Waals surface area (Å²) in [6.45, 7) is 0.750. The van der Waals surface area contributed by atoms with Crippen LogP contribution in [0.15, 0.2) is 18.2 Å². The molecule has 3 N–H and O–H groups in total. The first-order chi connectivity index (χ1) is 9.08. The zero-order valence-electron chi connectivity index (χ0n) is 11.0. The Morgan fingerprint density at radius 2 is 2.11 bits per heavy atom. The molecule has 6 heteroatoms. The lowest BCUT2D eigenvalue weighted by Gasteiger charge is -2.11. The second-order valence-corrected chi connectivity index (χ2v) is 3.98. The number of methoxy groups -OCH3 is 1. The molecule has 1 aromatic carbocycles. The Balaban J connectivity index is 2.77. The maximum Gasteiger partial charge on any atom is 0.335 e. The van der Waals surface area contributed by atoms with E-state index in [1.807, 2.05) is 7.05 Å². The van der Waals surface area contributed by atoms with Crippen LogP contribution in [0.25, 0.3) is 0 Å². The number of carboxylic acids is 1. The first-order valence-electron chi connectivity index (χ1n) is 5.94. The number of anilines is 1. The molecule has 0 bridgehead atoms. The predicted octanol–water partition coefficient (Wildman–Crippen LogP) is 1.33. The molecule has 6 nitrogen and oxygen atoms in total. The van der Waals surface area contributed by atoms with E-state index >= 15 is 0 Å². The third-order valence-corrected chi connectivity index (χ3v) is 2.55. The number of rotatable bonds is 7. The molecule has 1 aromatic rings. The molecule has 0 aliphatic carbocycles. The molecule has 0 aliphatic rings. The van der Waals surface area contributed by atoms with Crippen molar-refractivity contribution < 1.29 is 19.4 Å². The highest BCUT2D eigenvalue weighted by Gasteiger charge is 2.11. The molecule has 19 heavy (non-hydrogen) atoms. The van der Waals surface area contributed by atoms with Crippen molar-refractivity contribution in [3.05, 3.63) is 23.8 Å². The van der Waals surface area contributed by atoms with Gasteiger partial charge in [-0.1, -0.05) is 0 Å². The summed E-state index contributed by atoms with van der Waals surface area (Å²) in [6.07, 6.45) is 1.07. The van der Waals surface area contributed by atoms with Gasteiger partial charge in [-0.15, -0.1) is 0 Å². The molecule has 0 aromatic heterocycles. The minimum absolute atomic E-state index is 0.103.